The van der Waals surface area contributed by atoms with Gasteiger partial charge in [0.2, 0.25) is 0 Å². The van der Waals surface area contributed by atoms with E-state index in [0.29, 0.717) is 40.3 Å². The number of aromatic nitrogens is 2. The highest BCUT2D eigenvalue weighted by Gasteiger charge is 2.12. The Morgan fingerprint density at radius 2 is 1.97 bits per heavy atom. The minimum atomic E-state index is -0.286. The Morgan fingerprint density at radius 1 is 1.24 bits per heavy atom. The number of ether oxygens (including phenoxy) is 1. The van der Waals surface area contributed by atoms with Crippen LogP contribution in [-0.4, -0.2) is 40.3 Å². The lowest BCUT2D eigenvalue weighted by Gasteiger charge is -2.12. The summed E-state index contributed by atoms with van der Waals surface area (Å²) in [6, 6.07) is 11.9. The van der Waals surface area contributed by atoms with Crippen LogP contribution in [0.2, 0.25) is 0 Å². The third-order valence-electron chi connectivity index (χ3n) is 4.28. The first-order valence-electron chi connectivity index (χ1n) is 9.21. The molecule has 0 saturated carbocycles. The Morgan fingerprint density at radius 3 is 2.62 bits per heavy atom. The number of nitrogens with zero attached hydrogens (tertiary/aromatic N) is 2. The molecule has 7 heteroatoms. The number of amides is 1. The number of hydrogen-bond donors (Lipinski definition) is 2. The van der Waals surface area contributed by atoms with Crippen molar-refractivity contribution in [2.45, 2.75) is 13.8 Å². The van der Waals surface area contributed by atoms with Gasteiger partial charge >= 0.3 is 0 Å². The van der Waals surface area contributed by atoms with Gasteiger partial charge in [-0.1, -0.05) is 6.58 Å². The lowest BCUT2D eigenvalue weighted by molar-refractivity contribution is 0.0945. The van der Waals surface area contributed by atoms with Crippen molar-refractivity contribution in [3.8, 4) is 11.4 Å². The molecule has 1 heterocycles. The van der Waals surface area contributed by atoms with Gasteiger partial charge in [-0.3, -0.25) is 14.2 Å². The summed E-state index contributed by atoms with van der Waals surface area (Å²) in [4.78, 5) is 29.7. The van der Waals surface area contributed by atoms with Gasteiger partial charge in [0, 0.05) is 12.1 Å². The first kappa shape index (κ1) is 20.3. The van der Waals surface area contributed by atoms with Gasteiger partial charge in [0.15, 0.2) is 0 Å². The zero-order chi connectivity index (χ0) is 21.0. The van der Waals surface area contributed by atoms with Gasteiger partial charge in [0.1, 0.15) is 18.2 Å². The SMILES string of the molecule is C=C(C)COc1ccc2nc(C)n(-c3ccc(C(=O)NCCO)cc3)c(=O)c2c1. The summed E-state index contributed by atoms with van der Waals surface area (Å²) in [6.45, 7) is 7.87. The second-order valence-corrected chi connectivity index (χ2v) is 6.75. The highest BCUT2D eigenvalue weighted by molar-refractivity contribution is 5.94. The van der Waals surface area contributed by atoms with E-state index >= 15 is 0 Å². The zero-order valence-electron chi connectivity index (χ0n) is 16.4. The molecule has 1 aromatic heterocycles. The van der Waals surface area contributed by atoms with Crippen LogP contribution in [0.25, 0.3) is 16.6 Å². The molecule has 7 nitrogen and oxygen atoms in total. The predicted molar refractivity (Wildman–Crippen MR) is 112 cm³/mol. The number of nitrogens with one attached hydrogen (secondary N) is 1. The highest BCUT2D eigenvalue weighted by atomic mass is 16.5. The molecule has 0 atom stereocenters. The molecule has 0 aliphatic heterocycles. The molecule has 29 heavy (non-hydrogen) atoms. The summed E-state index contributed by atoms with van der Waals surface area (Å²) in [7, 11) is 0. The first-order chi connectivity index (χ1) is 13.9. The number of aliphatic hydroxyl groups excluding tert-OH is 1. The van der Waals surface area contributed by atoms with Crippen LogP contribution >= 0.6 is 0 Å². The molecule has 2 N–H and O–H groups in total. The summed E-state index contributed by atoms with van der Waals surface area (Å²) in [6.07, 6.45) is 0. The van der Waals surface area contributed by atoms with E-state index in [-0.39, 0.29) is 24.6 Å². The number of carbonyl (C=O) groups is 1. The predicted octanol–water partition coefficient (Wildman–Crippen LogP) is 2.37. The van der Waals surface area contributed by atoms with Crippen LogP contribution in [0, 0.1) is 6.92 Å². The van der Waals surface area contributed by atoms with Crippen molar-refractivity contribution in [2.24, 2.45) is 0 Å². The second kappa shape index (κ2) is 8.70. The summed E-state index contributed by atoms with van der Waals surface area (Å²) >= 11 is 0. The lowest BCUT2D eigenvalue weighted by atomic mass is 10.1. The third-order valence-corrected chi connectivity index (χ3v) is 4.28. The van der Waals surface area contributed by atoms with Crippen molar-refractivity contribution in [1.29, 1.82) is 0 Å². The van der Waals surface area contributed by atoms with Crippen molar-refractivity contribution in [2.75, 3.05) is 19.8 Å². The van der Waals surface area contributed by atoms with Crippen molar-refractivity contribution >= 4 is 16.8 Å². The van der Waals surface area contributed by atoms with Gasteiger partial charge in [-0.15, -0.1) is 0 Å². The minimum Gasteiger partial charge on any atom is -0.489 e. The normalized spacial score (nSPS) is 10.7. The molecule has 3 rings (SSSR count). The van der Waals surface area contributed by atoms with Gasteiger partial charge < -0.3 is 15.2 Å². The number of hydrogen-bond acceptors (Lipinski definition) is 5. The standard InChI is InChI=1S/C22H23N3O4/c1-14(2)13-29-18-8-9-20-19(12-18)22(28)25(15(3)24-20)17-6-4-16(5-7-17)21(27)23-10-11-26/h4-9,12,26H,1,10-11,13H2,2-3H3,(H,23,27). The molecule has 0 aliphatic rings. The molecule has 3 aromatic rings. The highest BCUT2D eigenvalue weighted by Crippen LogP contribution is 2.19. The van der Waals surface area contributed by atoms with Gasteiger partial charge in [-0.2, -0.15) is 0 Å². The van der Waals surface area contributed by atoms with E-state index in [2.05, 4.69) is 16.9 Å². The van der Waals surface area contributed by atoms with Crippen LogP contribution in [0.5, 0.6) is 5.75 Å². The van der Waals surface area contributed by atoms with Gasteiger partial charge in [-0.25, -0.2) is 4.98 Å². The molecular weight excluding hydrogens is 370 g/mol. The summed E-state index contributed by atoms with van der Waals surface area (Å²) in [5.74, 6) is 0.826. The molecule has 0 radical (unpaired) electrons. The maximum Gasteiger partial charge on any atom is 0.266 e. The van der Waals surface area contributed by atoms with Crippen molar-refractivity contribution in [3.05, 3.63) is 76.4 Å². The average molecular weight is 393 g/mol. The van der Waals surface area contributed by atoms with E-state index in [1.807, 2.05) is 6.92 Å². The number of benzene rings is 2. The van der Waals surface area contributed by atoms with E-state index in [9.17, 15) is 9.59 Å². The fraction of sp³-hybridized carbons (Fsp3) is 0.227. The molecule has 0 saturated heterocycles. The van der Waals surface area contributed by atoms with Gasteiger partial charge in [0.25, 0.3) is 11.5 Å². The quantitative estimate of drug-likeness (QED) is 0.601. The first-order valence-corrected chi connectivity index (χ1v) is 9.21. The molecule has 0 fully saturated rings. The monoisotopic (exact) mass is 393 g/mol. The van der Waals surface area contributed by atoms with Crippen molar-refractivity contribution in [3.63, 3.8) is 0 Å². The van der Waals surface area contributed by atoms with E-state index in [4.69, 9.17) is 9.84 Å². The number of aryl methyl sites for hydroxylation is 1. The molecular formula is C22H23N3O4. The van der Waals surface area contributed by atoms with Crippen molar-refractivity contribution < 1.29 is 14.6 Å². The largest absolute Gasteiger partial charge is 0.489 e. The van der Waals surface area contributed by atoms with Crippen LogP contribution in [0.4, 0.5) is 0 Å². The lowest BCUT2D eigenvalue weighted by Crippen LogP contribution is -2.26. The maximum atomic E-state index is 13.1. The van der Waals surface area contributed by atoms with E-state index in [0.717, 1.165) is 5.57 Å². The van der Waals surface area contributed by atoms with Crippen LogP contribution in [0.1, 0.15) is 23.1 Å². The molecule has 150 valence electrons. The number of fused-ring (bicyclic) bond motifs is 1. The smallest absolute Gasteiger partial charge is 0.266 e. The summed E-state index contributed by atoms with van der Waals surface area (Å²) in [5.41, 5.74) is 2.30. The Labute approximate surface area is 168 Å². The summed E-state index contributed by atoms with van der Waals surface area (Å²) in [5, 5.41) is 11.8. The molecule has 2 aromatic carbocycles. The zero-order valence-corrected chi connectivity index (χ0v) is 16.4. The Kier molecular flexibility index (Phi) is 6.09. The Bertz CT molecular complexity index is 1120. The van der Waals surface area contributed by atoms with Gasteiger partial charge in [0.05, 0.1) is 23.2 Å². The van der Waals surface area contributed by atoms with Gasteiger partial charge in [-0.05, 0) is 61.9 Å². The summed E-state index contributed by atoms with van der Waals surface area (Å²) < 4.78 is 7.14. The van der Waals surface area contributed by atoms with E-state index in [1.54, 1.807) is 49.4 Å². The minimum absolute atomic E-state index is 0.126. The number of aliphatic hydroxyl groups is 1. The van der Waals surface area contributed by atoms with Crippen LogP contribution in [0.15, 0.2) is 59.4 Å². The molecule has 0 aliphatic carbocycles. The molecule has 0 unspecified atom stereocenters. The Balaban J connectivity index is 1.99. The third kappa shape index (κ3) is 4.52. The van der Waals surface area contributed by atoms with E-state index < -0.39 is 0 Å². The molecule has 0 spiro atoms. The Hall–Kier alpha value is -3.45. The van der Waals surface area contributed by atoms with Crippen LogP contribution < -0.4 is 15.6 Å². The number of rotatable bonds is 7. The number of carbonyl (C=O) groups excluding carboxylic acids is 1. The van der Waals surface area contributed by atoms with Crippen molar-refractivity contribution in [1.82, 2.24) is 14.9 Å². The van der Waals surface area contributed by atoms with Crippen LogP contribution in [0.3, 0.4) is 0 Å². The van der Waals surface area contributed by atoms with E-state index in [1.165, 1.54) is 4.57 Å². The fourth-order valence-electron chi connectivity index (χ4n) is 2.91. The average Bonchev–Trinajstić information content (AvgIpc) is 2.71. The topological polar surface area (TPSA) is 93.5 Å². The maximum absolute atomic E-state index is 13.1. The van der Waals surface area contributed by atoms with Crippen LogP contribution in [-0.2, 0) is 0 Å². The molecule has 0 bridgehead atoms. The fourth-order valence-corrected chi connectivity index (χ4v) is 2.91. The molecule has 1 amide bonds. The second-order valence-electron chi connectivity index (χ2n) is 6.75.